The van der Waals surface area contributed by atoms with Gasteiger partial charge in [-0.3, -0.25) is 4.79 Å². The Morgan fingerprint density at radius 1 is 1.29 bits per heavy atom. The van der Waals surface area contributed by atoms with Crippen LogP contribution in [0.2, 0.25) is 0 Å². The quantitative estimate of drug-likeness (QED) is 0.600. The molecule has 1 saturated heterocycles. The highest BCUT2D eigenvalue weighted by atomic mass is 16.5. The van der Waals surface area contributed by atoms with Crippen LogP contribution in [-0.4, -0.2) is 50.2 Å². The molecule has 1 atom stereocenters. The molecule has 1 unspecified atom stereocenters. The lowest BCUT2D eigenvalue weighted by molar-refractivity contribution is -0.153. The van der Waals surface area contributed by atoms with Crippen molar-refractivity contribution in [2.45, 2.75) is 47.1 Å². The van der Waals surface area contributed by atoms with Crippen LogP contribution in [0, 0.1) is 12.3 Å². The second-order valence-corrected chi connectivity index (χ2v) is 8.50. The third kappa shape index (κ3) is 4.04. The first-order valence-corrected chi connectivity index (χ1v) is 10.7. The molecule has 9 nitrogen and oxygen atoms in total. The second-order valence-electron chi connectivity index (χ2n) is 8.50. The highest BCUT2D eigenvalue weighted by molar-refractivity contribution is 5.79. The molecule has 4 rings (SSSR count). The first-order chi connectivity index (χ1) is 14.8. The molecule has 0 aromatic carbocycles. The Bertz CT molecular complexity index is 1110. The summed E-state index contributed by atoms with van der Waals surface area (Å²) in [5.41, 5.74) is 1.36. The molecule has 3 aromatic heterocycles. The third-order valence-corrected chi connectivity index (χ3v) is 5.69. The Morgan fingerprint density at radius 2 is 2.10 bits per heavy atom. The summed E-state index contributed by atoms with van der Waals surface area (Å²) in [6, 6.07) is 4.10. The van der Waals surface area contributed by atoms with Crippen LogP contribution in [0.4, 0.5) is 17.6 Å². The number of hydrogen-bond acceptors (Lipinski definition) is 8. The van der Waals surface area contributed by atoms with E-state index in [4.69, 9.17) is 4.74 Å². The Labute approximate surface area is 181 Å². The number of aromatic nitrogens is 5. The number of carbonyl (C=O) groups excluding carboxylic acids is 1. The highest BCUT2D eigenvalue weighted by Gasteiger charge is 2.42. The van der Waals surface area contributed by atoms with Gasteiger partial charge in [0.2, 0.25) is 5.95 Å². The summed E-state index contributed by atoms with van der Waals surface area (Å²) in [6.45, 7) is 11.7. The maximum Gasteiger partial charge on any atom is 0.313 e. The summed E-state index contributed by atoms with van der Waals surface area (Å²) in [5.74, 6) is 2.72. The molecule has 1 N–H and O–H groups in total. The predicted molar refractivity (Wildman–Crippen MR) is 120 cm³/mol. The number of anilines is 3. The largest absolute Gasteiger partial charge is 0.466 e. The van der Waals surface area contributed by atoms with Crippen molar-refractivity contribution in [1.82, 2.24) is 24.5 Å². The number of ether oxygens (including phenoxy) is 1. The van der Waals surface area contributed by atoms with Gasteiger partial charge in [-0.1, -0.05) is 0 Å². The van der Waals surface area contributed by atoms with Gasteiger partial charge in [0.1, 0.15) is 23.0 Å². The second kappa shape index (κ2) is 8.13. The summed E-state index contributed by atoms with van der Waals surface area (Å²) in [5, 5.41) is 3.28. The summed E-state index contributed by atoms with van der Waals surface area (Å²) in [4.78, 5) is 32.5. The van der Waals surface area contributed by atoms with Crippen LogP contribution in [-0.2, 0) is 9.53 Å². The van der Waals surface area contributed by atoms with Crippen molar-refractivity contribution in [2.75, 3.05) is 29.9 Å². The standard InChI is InChI=1S/C22H29N7O2/c1-6-31-20(30)22(5)8-10-28(13-22)21-23-9-7-18(27-21)26-19-11-17-16(12-24-19)25-15(4)29(17)14(2)3/h7,9,11-12,14H,6,8,10,13H2,1-5H3,(H,23,24,26,27). The zero-order chi connectivity index (χ0) is 22.2. The molecule has 0 saturated carbocycles. The van der Waals surface area contributed by atoms with E-state index in [2.05, 4.69) is 43.7 Å². The van der Waals surface area contributed by atoms with E-state index in [1.54, 1.807) is 18.5 Å². The van der Waals surface area contributed by atoms with Crippen molar-refractivity contribution in [3.8, 4) is 0 Å². The van der Waals surface area contributed by atoms with Gasteiger partial charge in [0.05, 0.1) is 23.7 Å². The molecule has 0 radical (unpaired) electrons. The lowest BCUT2D eigenvalue weighted by Gasteiger charge is -2.22. The summed E-state index contributed by atoms with van der Waals surface area (Å²) >= 11 is 0. The van der Waals surface area contributed by atoms with Crippen LogP contribution >= 0.6 is 0 Å². The average Bonchev–Trinajstić information content (AvgIpc) is 3.28. The molecule has 164 valence electrons. The SMILES string of the molecule is CCOC(=O)C1(C)CCN(c2nccc(Nc3cc4c(cn3)nc(C)n4C(C)C)n2)C1. The van der Waals surface area contributed by atoms with Crippen LogP contribution in [0.25, 0.3) is 11.0 Å². The number of imidazole rings is 1. The summed E-state index contributed by atoms with van der Waals surface area (Å²) in [7, 11) is 0. The monoisotopic (exact) mass is 423 g/mol. The Hall–Kier alpha value is -3.23. The van der Waals surface area contributed by atoms with Gasteiger partial charge in [0.15, 0.2) is 0 Å². The number of hydrogen-bond donors (Lipinski definition) is 1. The first-order valence-electron chi connectivity index (χ1n) is 10.7. The summed E-state index contributed by atoms with van der Waals surface area (Å²) < 4.78 is 7.43. The average molecular weight is 424 g/mol. The van der Waals surface area contributed by atoms with Crippen LogP contribution in [0.3, 0.4) is 0 Å². The molecule has 0 spiro atoms. The van der Waals surface area contributed by atoms with Crippen LogP contribution in [0.1, 0.15) is 46.0 Å². The van der Waals surface area contributed by atoms with Crippen LogP contribution in [0.5, 0.6) is 0 Å². The fraction of sp³-hybridized carbons (Fsp3) is 0.500. The number of esters is 1. The first kappa shape index (κ1) is 21.0. The molecule has 3 aromatic rings. The molecule has 4 heterocycles. The van der Waals surface area contributed by atoms with E-state index in [1.807, 2.05) is 31.7 Å². The van der Waals surface area contributed by atoms with Crippen molar-refractivity contribution in [3.05, 3.63) is 30.4 Å². The molecule has 1 aliphatic heterocycles. The molecule has 0 bridgehead atoms. The minimum Gasteiger partial charge on any atom is -0.466 e. The van der Waals surface area contributed by atoms with Gasteiger partial charge in [0.25, 0.3) is 0 Å². The molecule has 9 heteroatoms. The van der Waals surface area contributed by atoms with E-state index in [-0.39, 0.29) is 5.97 Å². The molecule has 31 heavy (non-hydrogen) atoms. The molecule has 1 aliphatic rings. The number of rotatable bonds is 6. The van der Waals surface area contributed by atoms with E-state index < -0.39 is 5.41 Å². The number of pyridine rings is 1. The number of fused-ring (bicyclic) bond motifs is 1. The van der Waals surface area contributed by atoms with Crippen LogP contribution in [0.15, 0.2) is 24.5 Å². The zero-order valence-electron chi connectivity index (χ0n) is 18.7. The van der Waals surface area contributed by atoms with Crippen molar-refractivity contribution in [1.29, 1.82) is 0 Å². The molecule has 0 amide bonds. The molecular weight excluding hydrogens is 394 g/mol. The van der Waals surface area contributed by atoms with E-state index in [9.17, 15) is 4.79 Å². The molecular formula is C22H29N7O2. The van der Waals surface area contributed by atoms with Gasteiger partial charge >= 0.3 is 5.97 Å². The van der Waals surface area contributed by atoms with Crippen molar-refractivity contribution in [2.24, 2.45) is 5.41 Å². The molecule has 0 aliphatic carbocycles. The smallest absolute Gasteiger partial charge is 0.313 e. The fourth-order valence-electron chi connectivity index (χ4n) is 4.14. The Kier molecular flexibility index (Phi) is 5.51. The summed E-state index contributed by atoms with van der Waals surface area (Å²) in [6.07, 6.45) is 4.20. The minimum absolute atomic E-state index is 0.165. The highest BCUT2D eigenvalue weighted by Crippen LogP contribution is 2.33. The molecule has 1 fully saturated rings. The lowest BCUT2D eigenvalue weighted by Crippen LogP contribution is -2.34. The number of aryl methyl sites for hydroxylation is 1. The van der Waals surface area contributed by atoms with Gasteiger partial charge in [-0.25, -0.2) is 15.0 Å². The zero-order valence-corrected chi connectivity index (χ0v) is 18.7. The minimum atomic E-state index is -0.539. The van der Waals surface area contributed by atoms with Crippen molar-refractivity contribution < 1.29 is 9.53 Å². The van der Waals surface area contributed by atoms with E-state index in [0.29, 0.717) is 49.7 Å². The van der Waals surface area contributed by atoms with Gasteiger partial charge in [-0.05, 0) is 47.1 Å². The van der Waals surface area contributed by atoms with Crippen molar-refractivity contribution >= 4 is 34.6 Å². The number of nitrogens with one attached hydrogen (secondary N) is 1. The van der Waals surface area contributed by atoms with E-state index in [1.165, 1.54) is 0 Å². The predicted octanol–water partition coefficient (Wildman–Crippen LogP) is 3.63. The maximum atomic E-state index is 12.3. The van der Waals surface area contributed by atoms with E-state index >= 15 is 0 Å². The van der Waals surface area contributed by atoms with E-state index in [0.717, 1.165) is 16.9 Å². The van der Waals surface area contributed by atoms with Crippen LogP contribution < -0.4 is 10.2 Å². The third-order valence-electron chi connectivity index (χ3n) is 5.69. The lowest BCUT2D eigenvalue weighted by atomic mass is 9.90. The fourth-order valence-corrected chi connectivity index (χ4v) is 4.14. The Balaban J connectivity index is 1.54. The maximum absolute atomic E-state index is 12.3. The Morgan fingerprint density at radius 3 is 2.84 bits per heavy atom. The van der Waals surface area contributed by atoms with Gasteiger partial charge in [0, 0.05) is 31.4 Å². The van der Waals surface area contributed by atoms with Gasteiger partial charge < -0.3 is 19.5 Å². The topological polar surface area (TPSA) is 98.1 Å². The van der Waals surface area contributed by atoms with Crippen molar-refractivity contribution in [3.63, 3.8) is 0 Å². The normalized spacial score (nSPS) is 18.7. The van der Waals surface area contributed by atoms with Gasteiger partial charge in [-0.2, -0.15) is 4.98 Å². The van der Waals surface area contributed by atoms with Gasteiger partial charge in [-0.15, -0.1) is 0 Å². The number of carbonyl (C=O) groups is 1. The number of nitrogens with zero attached hydrogens (tertiary/aromatic N) is 6.